The zero-order valence-corrected chi connectivity index (χ0v) is 13.9. The third kappa shape index (κ3) is 3.19. The number of carbonyl (C=O) groups excluding carboxylic acids is 1. The molecule has 0 aromatic carbocycles. The lowest BCUT2D eigenvalue weighted by Crippen LogP contribution is -2.66. The van der Waals surface area contributed by atoms with Gasteiger partial charge in [0.2, 0.25) is 0 Å². The van der Waals surface area contributed by atoms with E-state index in [1.54, 1.807) is 23.5 Å². The standard InChI is InChI=1S/C18H20N4O3/c23-17(16-11-20-6-7-21-16)22-12-18(13-22)14(4-9-25-18)3-8-24-15-2-1-5-19-10-15/h1-2,5-7,10-11,14H,3-4,8-9,12-13H2. The van der Waals surface area contributed by atoms with Gasteiger partial charge in [-0.25, -0.2) is 4.98 Å². The first kappa shape index (κ1) is 16.0. The summed E-state index contributed by atoms with van der Waals surface area (Å²) in [6, 6.07) is 3.76. The van der Waals surface area contributed by atoms with Crippen molar-refractivity contribution in [2.45, 2.75) is 18.4 Å². The lowest BCUT2D eigenvalue weighted by molar-refractivity contribution is -0.119. The van der Waals surface area contributed by atoms with Crippen molar-refractivity contribution in [3.63, 3.8) is 0 Å². The highest BCUT2D eigenvalue weighted by Crippen LogP contribution is 2.42. The summed E-state index contributed by atoms with van der Waals surface area (Å²) in [5.41, 5.74) is 0.155. The summed E-state index contributed by atoms with van der Waals surface area (Å²) in [5.74, 6) is 1.10. The number of nitrogens with zero attached hydrogens (tertiary/aromatic N) is 4. The monoisotopic (exact) mass is 340 g/mol. The summed E-state index contributed by atoms with van der Waals surface area (Å²) in [4.78, 5) is 26.3. The summed E-state index contributed by atoms with van der Waals surface area (Å²) in [6.07, 6.45) is 9.95. The van der Waals surface area contributed by atoms with E-state index in [-0.39, 0.29) is 11.5 Å². The Labute approximate surface area is 146 Å². The van der Waals surface area contributed by atoms with E-state index in [4.69, 9.17) is 9.47 Å². The molecule has 1 spiro atoms. The molecular formula is C18H20N4O3. The van der Waals surface area contributed by atoms with Gasteiger partial charge in [-0.05, 0) is 30.9 Å². The van der Waals surface area contributed by atoms with Crippen LogP contribution in [-0.4, -0.2) is 57.7 Å². The number of carbonyl (C=O) groups is 1. The van der Waals surface area contributed by atoms with E-state index in [1.807, 2.05) is 12.1 Å². The smallest absolute Gasteiger partial charge is 0.274 e. The van der Waals surface area contributed by atoms with Crippen LogP contribution in [0, 0.1) is 5.92 Å². The van der Waals surface area contributed by atoms with Gasteiger partial charge in [0.1, 0.15) is 17.0 Å². The molecule has 7 heteroatoms. The molecule has 4 rings (SSSR count). The van der Waals surface area contributed by atoms with Gasteiger partial charge in [-0.3, -0.25) is 14.8 Å². The fraction of sp³-hybridized carbons (Fsp3) is 0.444. The van der Waals surface area contributed by atoms with Crippen molar-refractivity contribution in [3.8, 4) is 5.75 Å². The maximum atomic E-state index is 12.4. The second-order valence-electron chi connectivity index (χ2n) is 6.48. The number of pyridine rings is 1. The third-order valence-corrected chi connectivity index (χ3v) is 4.96. The molecule has 0 N–H and O–H groups in total. The van der Waals surface area contributed by atoms with E-state index < -0.39 is 0 Å². The van der Waals surface area contributed by atoms with E-state index in [0.29, 0.717) is 31.3 Å². The summed E-state index contributed by atoms with van der Waals surface area (Å²) in [5, 5.41) is 0. The van der Waals surface area contributed by atoms with Gasteiger partial charge in [-0.15, -0.1) is 0 Å². The minimum Gasteiger partial charge on any atom is -0.492 e. The molecule has 2 aromatic heterocycles. The maximum absolute atomic E-state index is 12.4. The Morgan fingerprint density at radius 3 is 2.92 bits per heavy atom. The van der Waals surface area contributed by atoms with E-state index in [0.717, 1.165) is 25.2 Å². The quantitative estimate of drug-likeness (QED) is 0.822. The van der Waals surface area contributed by atoms with Crippen molar-refractivity contribution in [2.75, 3.05) is 26.3 Å². The van der Waals surface area contributed by atoms with Gasteiger partial charge in [-0.1, -0.05) is 0 Å². The first-order valence-corrected chi connectivity index (χ1v) is 8.49. The largest absolute Gasteiger partial charge is 0.492 e. The SMILES string of the molecule is O=C(c1cnccn1)N1CC2(C1)OCCC2CCOc1cccnc1. The molecule has 0 saturated carbocycles. The minimum absolute atomic E-state index is 0.0837. The lowest BCUT2D eigenvalue weighted by atomic mass is 9.79. The van der Waals surface area contributed by atoms with E-state index in [2.05, 4.69) is 15.0 Å². The van der Waals surface area contributed by atoms with Crippen LogP contribution >= 0.6 is 0 Å². The molecule has 0 bridgehead atoms. The van der Waals surface area contributed by atoms with Gasteiger partial charge in [0.25, 0.3) is 5.91 Å². The van der Waals surface area contributed by atoms with E-state index in [1.165, 1.54) is 12.4 Å². The van der Waals surface area contributed by atoms with Gasteiger partial charge in [0.15, 0.2) is 0 Å². The molecule has 1 amide bonds. The number of likely N-dealkylation sites (tertiary alicyclic amines) is 1. The molecule has 2 fully saturated rings. The zero-order valence-electron chi connectivity index (χ0n) is 13.9. The first-order chi connectivity index (χ1) is 12.3. The molecule has 1 atom stereocenters. The van der Waals surface area contributed by atoms with Gasteiger partial charge < -0.3 is 14.4 Å². The predicted octanol–water partition coefficient (Wildman–Crippen LogP) is 1.57. The topological polar surface area (TPSA) is 77.4 Å². The van der Waals surface area contributed by atoms with Gasteiger partial charge in [0.05, 0.1) is 32.1 Å². The molecule has 4 heterocycles. The molecule has 130 valence electrons. The van der Waals surface area contributed by atoms with Crippen LogP contribution in [0.5, 0.6) is 5.75 Å². The summed E-state index contributed by atoms with van der Waals surface area (Å²) in [6.45, 7) is 2.59. The Bertz CT molecular complexity index is 720. The highest BCUT2D eigenvalue weighted by Gasteiger charge is 2.54. The number of amides is 1. The van der Waals surface area contributed by atoms with Crippen LogP contribution in [0.3, 0.4) is 0 Å². The highest BCUT2D eigenvalue weighted by molar-refractivity contribution is 5.92. The maximum Gasteiger partial charge on any atom is 0.274 e. The van der Waals surface area contributed by atoms with Crippen LogP contribution in [0.4, 0.5) is 0 Å². The molecular weight excluding hydrogens is 320 g/mol. The molecule has 1 unspecified atom stereocenters. The van der Waals surface area contributed by atoms with Crippen LogP contribution in [0.2, 0.25) is 0 Å². The molecule has 0 radical (unpaired) electrons. The molecule has 2 saturated heterocycles. The lowest BCUT2D eigenvalue weighted by Gasteiger charge is -2.50. The Kier molecular flexibility index (Phi) is 4.31. The number of hydrogen-bond acceptors (Lipinski definition) is 6. The van der Waals surface area contributed by atoms with E-state index >= 15 is 0 Å². The summed E-state index contributed by atoms with van der Waals surface area (Å²) in [7, 11) is 0. The van der Waals surface area contributed by atoms with Crippen LogP contribution in [-0.2, 0) is 4.74 Å². The minimum atomic E-state index is -0.226. The Morgan fingerprint density at radius 2 is 2.16 bits per heavy atom. The van der Waals surface area contributed by atoms with Crippen molar-refractivity contribution < 1.29 is 14.3 Å². The third-order valence-electron chi connectivity index (χ3n) is 4.96. The molecule has 2 aromatic rings. The number of ether oxygens (including phenoxy) is 2. The Morgan fingerprint density at radius 1 is 1.28 bits per heavy atom. The van der Waals surface area contributed by atoms with Crippen molar-refractivity contribution >= 4 is 5.91 Å². The molecule has 25 heavy (non-hydrogen) atoms. The van der Waals surface area contributed by atoms with Crippen molar-refractivity contribution in [2.24, 2.45) is 5.92 Å². The molecule has 2 aliphatic heterocycles. The van der Waals surface area contributed by atoms with Gasteiger partial charge in [0, 0.05) is 25.2 Å². The van der Waals surface area contributed by atoms with Crippen molar-refractivity contribution in [1.82, 2.24) is 19.9 Å². The van der Waals surface area contributed by atoms with Crippen LogP contribution < -0.4 is 4.74 Å². The highest BCUT2D eigenvalue weighted by atomic mass is 16.5. The fourth-order valence-corrected chi connectivity index (χ4v) is 3.61. The van der Waals surface area contributed by atoms with Gasteiger partial charge >= 0.3 is 0 Å². The first-order valence-electron chi connectivity index (χ1n) is 8.49. The predicted molar refractivity (Wildman–Crippen MR) is 89.1 cm³/mol. The van der Waals surface area contributed by atoms with Crippen LogP contribution in [0.1, 0.15) is 23.3 Å². The number of aromatic nitrogens is 3. The molecule has 7 nitrogen and oxygen atoms in total. The average Bonchev–Trinajstić information content (AvgIpc) is 3.05. The normalized spacial score (nSPS) is 21.1. The summed E-state index contributed by atoms with van der Waals surface area (Å²) < 4.78 is 11.8. The van der Waals surface area contributed by atoms with Crippen LogP contribution in [0.25, 0.3) is 0 Å². The zero-order chi connectivity index (χ0) is 17.1. The second-order valence-corrected chi connectivity index (χ2v) is 6.48. The fourth-order valence-electron chi connectivity index (χ4n) is 3.61. The molecule has 2 aliphatic rings. The van der Waals surface area contributed by atoms with Crippen molar-refractivity contribution in [1.29, 1.82) is 0 Å². The van der Waals surface area contributed by atoms with Crippen LogP contribution in [0.15, 0.2) is 43.1 Å². The Hall–Kier alpha value is -2.54. The Balaban J connectivity index is 1.31. The average molecular weight is 340 g/mol. The number of hydrogen-bond donors (Lipinski definition) is 0. The second kappa shape index (κ2) is 6.76. The van der Waals surface area contributed by atoms with Gasteiger partial charge in [-0.2, -0.15) is 0 Å². The van der Waals surface area contributed by atoms with Crippen molar-refractivity contribution in [3.05, 3.63) is 48.8 Å². The van der Waals surface area contributed by atoms with E-state index in [9.17, 15) is 4.79 Å². The molecule has 0 aliphatic carbocycles. The number of rotatable bonds is 5. The summed E-state index contributed by atoms with van der Waals surface area (Å²) >= 11 is 0.